The number of aromatic nitrogens is 2. The summed E-state index contributed by atoms with van der Waals surface area (Å²) in [6.45, 7) is 1.56. The number of benzene rings is 1. The number of thiophene rings is 1. The SMILES string of the molecule is c1csc(CCc2nc(-c3ccc(OC4CCOCC4)cc3)no2)c1. The molecule has 6 heteroatoms. The van der Waals surface area contributed by atoms with Crippen molar-refractivity contribution in [3.63, 3.8) is 0 Å². The molecule has 0 spiro atoms. The van der Waals surface area contributed by atoms with Crippen LogP contribution in [0.4, 0.5) is 0 Å². The topological polar surface area (TPSA) is 57.4 Å². The minimum Gasteiger partial charge on any atom is -0.490 e. The van der Waals surface area contributed by atoms with Gasteiger partial charge in [0.1, 0.15) is 11.9 Å². The van der Waals surface area contributed by atoms with Gasteiger partial charge in [0.25, 0.3) is 0 Å². The van der Waals surface area contributed by atoms with Gasteiger partial charge in [0.2, 0.25) is 11.7 Å². The lowest BCUT2D eigenvalue weighted by atomic mass is 10.1. The fraction of sp³-hybridized carbons (Fsp3) is 0.368. The average molecular weight is 356 g/mol. The molecule has 25 heavy (non-hydrogen) atoms. The maximum absolute atomic E-state index is 5.99. The normalized spacial score (nSPS) is 15.4. The molecule has 0 radical (unpaired) electrons. The molecule has 3 heterocycles. The summed E-state index contributed by atoms with van der Waals surface area (Å²) in [6, 6.07) is 12.1. The van der Waals surface area contributed by atoms with Crippen molar-refractivity contribution in [1.29, 1.82) is 0 Å². The smallest absolute Gasteiger partial charge is 0.227 e. The minimum atomic E-state index is 0.244. The van der Waals surface area contributed by atoms with E-state index in [1.165, 1.54) is 4.88 Å². The molecule has 0 bridgehead atoms. The standard InChI is InChI=1S/C19H20N2O3S/c1-2-17(25-13-1)7-8-18-20-19(21-24-18)14-3-5-15(6-4-14)23-16-9-11-22-12-10-16/h1-6,13,16H,7-12H2. The number of aryl methyl sites for hydroxylation is 2. The molecule has 130 valence electrons. The molecule has 0 N–H and O–H groups in total. The maximum atomic E-state index is 5.99. The monoisotopic (exact) mass is 356 g/mol. The first kappa shape index (κ1) is 16.3. The first-order valence-corrected chi connectivity index (χ1v) is 9.44. The van der Waals surface area contributed by atoms with E-state index >= 15 is 0 Å². The molecule has 0 atom stereocenters. The van der Waals surface area contributed by atoms with Gasteiger partial charge in [-0.05, 0) is 42.1 Å². The first-order valence-electron chi connectivity index (χ1n) is 8.56. The average Bonchev–Trinajstić information content (AvgIpc) is 3.33. The highest BCUT2D eigenvalue weighted by Gasteiger charge is 2.15. The molecule has 1 aromatic carbocycles. The number of hydrogen-bond acceptors (Lipinski definition) is 6. The number of nitrogens with zero attached hydrogens (tertiary/aromatic N) is 2. The van der Waals surface area contributed by atoms with Gasteiger partial charge in [-0.25, -0.2) is 0 Å². The summed E-state index contributed by atoms with van der Waals surface area (Å²) in [5.74, 6) is 2.17. The largest absolute Gasteiger partial charge is 0.490 e. The quantitative estimate of drug-likeness (QED) is 0.664. The van der Waals surface area contributed by atoms with Crippen molar-refractivity contribution < 1.29 is 14.0 Å². The van der Waals surface area contributed by atoms with E-state index in [-0.39, 0.29) is 6.10 Å². The molecule has 0 amide bonds. The van der Waals surface area contributed by atoms with Crippen LogP contribution in [-0.4, -0.2) is 29.5 Å². The molecule has 1 saturated heterocycles. The Kier molecular flexibility index (Phi) is 5.09. The van der Waals surface area contributed by atoms with Gasteiger partial charge in [-0.3, -0.25) is 0 Å². The zero-order chi connectivity index (χ0) is 16.9. The van der Waals surface area contributed by atoms with Crippen molar-refractivity contribution in [2.75, 3.05) is 13.2 Å². The fourth-order valence-corrected chi connectivity index (χ4v) is 3.54. The third-order valence-corrected chi connectivity index (χ3v) is 5.15. The van der Waals surface area contributed by atoms with Crippen LogP contribution in [0.5, 0.6) is 5.75 Å². The summed E-state index contributed by atoms with van der Waals surface area (Å²) in [6.07, 6.45) is 3.82. The van der Waals surface area contributed by atoms with Gasteiger partial charge in [0.05, 0.1) is 13.2 Å². The number of ether oxygens (including phenoxy) is 2. The van der Waals surface area contributed by atoms with Crippen molar-refractivity contribution >= 4 is 11.3 Å². The predicted molar refractivity (Wildman–Crippen MR) is 95.9 cm³/mol. The molecular weight excluding hydrogens is 336 g/mol. The van der Waals surface area contributed by atoms with Crippen LogP contribution in [0.15, 0.2) is 46.3 Å². The van der Waals surface area contributed by atoms with E-state index in [1.807, 2.05) is 24.3 Å². The number of rotatable bonds is 6. The van der Waals surface area contributed by atoms with Crippen LogP contribution in [0.3, 0.4) is 0 Å². The van der Waals surface area contributed by atoms with Gasteiger partial charge in [0, 0.05) is 29.7 Å². The third-order valence-electron chi connectivity index (χ3n) is 4.22. The van der Waals surface area contributed by atoms with E-state index in [0.29, 0.717) is 11.7 Å². The molecule has 3 aromatic rings. The van der Waals surface area contributed by atoms with Gasteiger partial charge in [-0.15, -0.1) is 11.3 Å². The molecule has 1 aliphatic rings. The van der Waals surface area contributed by atoms with Gasteiger partial charge in [-0.1, -0.05) is 11.2 Å². The first-order chi connectivity index (χ1) is 12.4. The molecule has 5 nitrogen and oxygen atoms in total. The Morgan fingerprint density at radius 1 is 1.08 bits per heavy atom. The van der Waals surface area contributed by atoms with Gasteiger partial charge in [-0.2, -0.15) is 4.98 Å². The van der Waals surface area contributed by atoms with Crippen LogP contribution in [0.1, 0.15) is 23.6 Å². The van der Waals surface area contributed by atoms with Crippen molar-refractivity contribution in [3.05, 3.63) is 52.5 Å². The van der Waals surface area contributed by atoms with Crippen molar-refractivity contribution in [1.82, 2.24) is 10.1 Å². The Hall–Kier alpha value is -2.18. The highest BCUT2D eigenvalue weighted by molar-refractivity contribution is 7.09. The third kappa shape index (κ3) is 4.27. The van der Waals surface area contributed by atoms with Crippen LogP contribution in [0.25, 0.3) is 11.4 Å². The zero-order valence-electron chi connectivity index (χ0n) is 13.9. The Morgan fingerprint density at radius 3 is 2.68 bits per heavy atom. The van der Waals surface area contributed by atoms with Crippen LogP contribution in [0, 0.1) is 0 Å². The molecule has 1 aliphatic heterocycles. The molecule has 2 aromatic heterocycles. The Morgan fingerprint density at radius 2 is 1.92 bits per heavy atom. The highest BCUT2D eigenvalue weighted by Crippen LogP contribution is 2.23. The lowest BCUT2D eigenvalue weighted by Crippen LogP contribution is -2.25. The Balaban J connectivity index is 1.36. The summed E-state index contributed by atoms with van der Waals surface area (Å²) in [5.41, 5.74) is 0.936. The highest BCUT2D eigenvalue weighted by atomic mass is 32.1. The van der Waals surface area contributed by atoms with Crippen LogP contribution < -0.4 is 4.74 Å². The molecule has 0 unspecified atom stereocenters. The Labute approximate surface area is 150 Å². The molecular formula is C19H20N2O3S. The lowest BCUT2D eigenvalue weighted by Gasteiger charge is -2.23. The summed E-state index contributed by atoms with van der Waals surface area (Å²) in [5, 5.41) is 6.17. The summed E-state index contributed by atoms with van der Waals surface area (Å²) in [4.78, 5) is 5.82. The van der Waals surface area contributed by atoms with Crippen LogP contribution in [0.2, 0.25) is 0 Å². The van der Waals surface area contributed by atoms with E-state index in [0.717, 1.165) is 50.2 Å². The van der Waals surface area contributed by atoms with Crippen molar-refractivity contribution in [3.8, 4) is 17.1 Å². The van der Waals surface area contributed by atoms with E-state index in [9.17, 15) is 0 Å². The minimum absolute atomic E-state index is 0.244. The second-order valence-electron chi connectivity index (χ2n) is 6.05. The molecule has 1 fully saturated rings. The molecule has 0 aliphatic carbocycles. The van der Waals surface area contributed by atoms with Crippen molar-refractivity contribution in [2.45, 2.75) is 31.8 Å². The van der Waals surface area contributed by atoms with E-state index in [1.54, 1.807) is 11.3 Å². The van der Waals surface area contributed by atoms with Crippen LogP contribution in [-0.2, 0) is 17.6 Å². The second-order valence-corrected chi connectivity index (χ2v) is 7.08. The van der Waals surface area contributed by atoms with E-state index in [4.69, 9.17) is 14.0 Å². The fourth-order valence-electron chi connectivity index (χ4n) is 2.83. The summed E-state index contributed by atoms with van der Waals surface area (Å²) in [7, 11) is 0. The number of hydrogen-bond donors (Lipinski definition) is 0. The summed E-state index contributed by atoms with van der Waals surface area (Å²) < 4.78 is 16.7. The van der Waals surface area contributed by atoms with Crippen molar-refractivity contribution in [2.24, 2.45) is 0 Å². The molecule has 0 saturated carbocycles. The maximum Gasteiger partial charge on any atom is 0.227 e. The zero-order valence-corrected chi connectivity index (χ0v) is 14.7. The molecule has 4 rings (SSSR count). The van der Waals surface area contributed by atoms with Crippen LogP contribution >= 0.6 is 11.3 Å². The second kappa shape index (κ2) is 7.80. The van der Waals surface area contributed by atoms with Gasteiger partial charge < -0.3 is 14.0 Å². The lowest BCUT2D eigenvalue weighted by molar-refractivity contribution is 0.0256. The van der Waals surface area contributed by atoms with Gasteiger partial charge in [0.15, 0.2) is 0 Å². The predicted octanol–water partition coefficient (Wildman–Crippen LogP) is 4.14. The van der Waals surface area contributed by atoms with Gasteiger partial charge >= 0.3 is 0 Å². The van der Waals surface area contributed by atoms with E-state index in [2.05, 4.69) is 27.7 Å². The van der Waals surface area contributed by atoms with E-state index < -0.39 is 0 Å². The summed E-state index contributed by atoms with van der Waals surface area (Å²) >= 11 is 1.75. The Bertz CT molecular complexity index is 777.